The van der Waals surface area contributed by atoms with Crippen molar-refractivity contribution in [2.24, 2.45) is 0 Å². The molecular formula is C14H17FN2. The van der Waals surface area contributed by atoms with E-state index in [0.717, 1.165) is 18.8 Å². The standard InChI is InChI=1S/C14H17FN2/c15-14-10-13(7-6-12(14)11-16)17-8-4-2-1-3-5-9-17/h6-7,10H,1-5,8-9H2. The van der Waals surface area contributed by atoms with E-state index in [0.29, 0.717) is 0 Å². The van der Waals surface area contributed by atoms with E-state index in [1.807, 2.05) is 12.1 Å². The Kier molecular flexibility index (Phi) is 3.98. The first-order chi connectivity index (χ1) is 8.31. The van der Waals surface area contributed by atoms with E-state index in [9.17, 15) is 4.39 Å². The molecular weight excluding hydrogens is 215 g/mol. The third-order valence-corrected chi connectivity index (χ3v) is 3.29. The monoisotopic (exact) mass is 232 g/mol. The second-order valence-corrected chi connectivity index (χ2v) is 4.53. The molecule has 2 rings (SSSR count). The van der Waals surface area contributed by atoms with E-state index in [1.165, 1.54) is 38.2 Å². The van der Waals surface area contributed by atoms with Crippen molar-refractivity contribution in [3.05, 3.63) is 29.6 Å². The Morgan fingerprint density at radius 3 is 2.29 bits per heavy atom. The third-order valence-electron chi connectivity index (χ3n) is 3.29. The van der Waals surface area contributed by atoms with Gasteiger partial charge >= 0.3 is 0 Å². The Labute approximate surface area is 102 Å². The molecule has 2 nitrogen and oxygen atoms in total. The van der Waals surface area contributed by atoms with Crippen LogP contribution in [-0.2, 0) is 0 Å². The molecule has 0 unspecified atom stereocenters. The van der Waals surface area contributed by atoms with Gasteiger partial charge in [0, 0.05) is 18.8 Å². The first-order valence-electron chi connectivity index (χ1n) is 6.26. The van der Waals surface area contributed by atoms with Gasteiger partial charge in [-0.05, 0) is 31.0 Å². The van der Waals surface area contributed by atoms with Gasteiger partial charge in [0.1, 0.15) is 11.9 Å². The van der Waals surface area contributed by atoms with E-state index in [4.69, 9.17) is 5.26 Å². The van der Waals surface area contributed by atoms with Crippen LogP contribution < -0.4 is 4.90 Å². The number of rotatable bonds is 1. The number of nitriles is 1. The van der Waals surface area contributed by atoms with Crippen LogP contribution in [0.2, 0.25) is 0 Å². The van der Waals surface area contributed by atoms with Crippen LogP contribution in [0, 0.1) is 17.1 Å². The summed E-state index contributed by atoms with van der Waals surface area (Å²) in [6, 6.07) is 6.76. The van der Waals surface area contributed by atoms with Crippen molar-refractivity contribution in [2.45, 2.75) is 32.1 Å². The van der Waals surface area contributed by atoms with Gasteiger partial charge in [-0.3, -0.25) is 0 Å². The molecule has 0 amide bonds. The molecule has 0 aliphatic carbocycles. The van der Waals surface area contributed by atoms with E-state index in [2.05, 4.69) is 4.90 Å². The maximum Gasteiger partial charge on any atom is 0.143 e. The summed E-state index contributed by atoms with van der Waals surface area (Å²) in [4.78, 5) is 2.23. The summed E-state index contributed by atoms with van der Waals surface area (Å²) < 4.78 is 13.5. The fraction of sp³-hybridized carbons (Fsp3) is 0.500. The second kappa shape index (κ2) is 5.67. The molecule has 90 valence electrons. The molecule has 0 bridgehead atoms. The summed E-state index contributed by atoms with van der Waals surface area (Å²) in [7, 11) is 0. The van der Waals surface area contributed by atoms with Crippen molar-refractivity contribution in [3.8, 4) is 6.07 Å². The van der Waals surface area contributed by atoms with E-state index < -0.39 is 5.82 Å². The van der Waals surface area contributed by atoms with Gasteiger partial charge in [-0.15, -0.1) is 0 Å². The molecule has 1 saturated heterocycles. The fourth-order valence-corrected chi connectivity index (χ4v) is 2.30. The number of anilines is 1. The lowest BCUT2D eigenvalue weighted by Crippen LogP contribution is -2.27. The zero-order valence-corrected chi connectivity index (χ0v) is 9.95. The minimum atomic E-state index is -0.410. The van der Waals surface area contributed by atoms with Crippen molar-refractivity contribution in [1.29, 1.82) is 5.26 Å². The van der Waals surface area contributed by atoms with Crippen LogP contribution in [-0.4, -0.2) is 13.1 Å². The lowest BCUT2D eigenvalue weighted by atomic mass is 10.1. The van der Waals surface area contributed by atoms with Crippen molar-refractivity contribution in [2.75, 3.05) is 18.0 Å². The van der Waals surface area contributed by atoms with Gasteiger partial charge in [-0.1, -0.05) is 19.3 Å². The minimum Gasteiger partial charge on any atom is -0.371 e. The average molecular weight is 232 g/mol. The molecule has 17 heavy (non-hydrogen) atoms. The number of benzene rings is 1. The number of halogens is 1. The summed E-state index contributed by atoms with van der Waals surface area (Å²) in [5, 5.41) is 8.70. The molecule has 1 aliphatic heterocycles. The Morgan fingerprint density at radius 1 is 1.06 bits per heavy atom. The van der Waals surface area contributed by atoms with Gasteiger partial charge in [0.15, 0.2) is 0 Å². The van der Waals surface area contributed by atoms with Crippen molar-refractivity contribution in [3.63, 3.8) is 0 Å². The number of hydrogen-bond donors (Lipinski definition) is 0. The molecule has 0 radical (unpaired) electrons. The smallest absolute Gasteiger partial charge is 0.143 e. The Morgan fingerprint density at radius 2 is 1.71 bits per heavy atom. The SMILES string of the molecule is N#Cc1ccc(N2CCCCCCC2)cc1F. The Hall–Kier alpha value is -1.56. The molecule has 1 heterocycles. The number of hydrogen-bond acceptors (Lipinski definition) is 2. The van der Waals surface area contributed by atoms with Crippen LogP contribution in [0.3, 0.4) is 0 Å². The highest BCUT2D eigenvalue weighted by atomic mass is 19.1. The summed E-state index contributed by atoms with van der Waals surface area (Å²) in [5.74, 6) is -0.410. The highest BCUT2D eigenvalue weighted by Gasteiger charge is 2.11. The van der Waals surface area contributed by atoms with Gasteiger partial charge in [-0.2, -0.15) is 5.26 Å². The molecule has 0 aromatic heterocycles. The lowest BCUT2D eigenvalue weighted by molar-refractivity contribution is 0.554. The first-order valence-corrected chi connectivity index (χ1v) is 6.26. The van der Waals surface area contributed by atoms with Crippen LogP contribution in [0.15, 0.2) is 18.2 Å². The number of nitrogens with zero attached hydrogens (tertiary/aromatic N) is 2. The zero-order chi connectivity index (χ0) is 12.1. The van der Waals surface area contributed by atoms with Gasteiger partial charge in [0.25, 0.3) is 0 Å². The Bertz CT molecular complexity index is 415. The topological polar surface area (TPSA) is 27.0 Å². The normalized spacial score (nSPS) is 17.1. The molecule has 3 heteroatoms. The first kappa shape index (κ1) is 11.9. The highest BCUT2D eigenvalue weighted by Crippen LogP contribution is 2.21. The summed E-state index contributed by atoms with van der Waals surface area (Å²) in [6.07, 6.45) is 6.17. The lowest BCUT2D eigenvalue weighted by Gasteiger charge is -2.26. The van der Waals surface area contributed by atoms with Crippen LogP contribution in [0.5, 0.6) is 0 Å². The van der Waals surface area contributed by atoms with Crippen molar-refractivity contribution >= 4 is 5.69 Å². The summed E-state index contributed by atoms with van der Waals surface area (Å²) in [6.45, 7) is 1.98. The van der Waals surface area contributed by atoms with E-state index in [-0.39, 0.29) is 5.56 Å². The van der Waals surface area contributed by atoms with Gasteiger partial charge in [-0.25, -0.2) is 4.39 Å². The molecule has 0 N–H and O–H groups in total. The van der Waals surface area contributed by atoms with Crippen molar-refractivity contribution < 1.29 is 4.39 Å². The average Bonchev–Trinajstić information content (AvgIpc) is 2.28. The molecule has 1 fully saturated rings. The van der Waals surface area contributed by atoms with E-state index in [1.54, 1.807) is 6.07 Å². The Balaban J connectivity index is 2.15. The van der Waals surface area contributed by atoms with Crippen LogP contribution in [0.4, 0.5) is 10.1 Å². The van der Waals surface area contributed by atoms with Crippen LogP contribution >= 0.6 is 0 Å². The predicted octanol–water partition coefficient (Wildman–Crippen LogP) is 3.47. The minimum absolute atomic E-state index is 0.126. The molecule has 1 aromatic carbocycles. The summed E-state index contributed by atoms with van der Waals surface area (Å²) in [5.41, 5.74) is 1.03. The molecule has 0 spiro atoms. The largest absolute Gasteiger partial charge is 0.371 e. The highest BCUT2D eigenvalue weighted by molar-refractivity contribution is 5.50. The zero-order valence-electron chi connectivity index (χ0n) is 9.95. The maximum absolute atomic E-state index is 13.5. The molecule has 0 saturated carbocycles. The summed E-state index contributed by atoms with van der Waals surface area (Å²) >= 11 is 0. The predicted molar refractivity (Wildman–Crippen MR) is 66.4 cm³/mol. The molecule has 1 aliphatic rings. The molecule has 0 atom stereocenters. The quantitative estimate of drug-likeness (QED) is 0.741. The second-order valence-electron chi connectivity index (χ2n) is 4.53. The van der Waals surface area contributed by atoms with Crippen LogP contribution in [0.1, 0.15) is 37.7 Å². The molecule has 1 aromatic rings. The maximum atomic E-state index is 13.5. The van der Waals surface area contributed by atoms with Gasteiger partial charge in [0.2, 0.25) is 0 Å². The fourth-order valence-electron chi connectivity index (χ4n) is 2.30. The van der Waals surface area contributed by atoms with Gasteiger partial charge in [0.05, 0.1) is 5.56 Å². The van der Waals surface area contributed by atoms with Gasteiger partial charge < -0.3 is 4.90 Å². The van der Waals surface area contributed by atoms with E-state index >= 15 is 0 Å². The third kappa shape index (κ3) is 2.97. The van der Waals surface area contributed by atoms with Crippen LogP contribution in [0.25, 0.3) is 0 Å². The van der Waals surface area contributed by atoms with Crippen molar-refractivity contribution in [1.82, 2.24) is 0 Å².